The highest BCUT2D eigenvalue weighted by atomic mass is 32.2. The normalized spacial score (nSPS) is 20.1. The third kappa shape index (κ3) is 3.95. The lowest BCUT2D eigenvalue weighted by Gasteiger charge is -2.13. The minimum absolute atomic E-state index is 0.0614. The molecular formula is C21H26N2O5S. The van der Waals surface area contributed by atoms with Crippen LogP contribution in [0.2, 0.25) is 0 Å². The van der Waals surface area contributed by atoms with Gasteiger partial charge in [0.15, 0.2) is 0 Å². The number of hydrogen-bond acceptors (Lipinski definition) is 5. The van der Waals surface area contributed by atoms with Crippen LogP contribution in [0, 0.1) is 12.3 Å². The zero-order chi connectivity index (χ0) is 21.6. The van der Waals surface area contributed by atoms with Crippen molar-refractivity contribution < 1.29 is 22.7 Å². The Hall–Kier alpha value is -2.58. The van der Waals surface area contributed by atoms with Crippen LogP contribution in [0.3, 0.4) is 0 Å². The van der Waals surface area contributed by atoms with E-state index >= 15 is 0 Å². The third-order valence-corrected chi connectivity index (χ3v) is 6.57. The number of ether oxygens (including phenoxy) is 2. The molecule has 156 valence electrons. The molecule has 0 spiro atoms. The first kappa shape index (κ1) is 21.1. The monoisotopic (exact) mass is 418 g/mol. The maximum Gasteiger partial charge on any atom is 0.255 e. The van der Waals surface area contributed by atoms with Crippen LogP contribution in [0.4, 0.5) is 0 Å². The fraction of sp³-hybridized carbons (Fsp3) is 0.381. The summed E-state index contributed by atoms with van der Waals surface area (Å²) in [5, 5.41) is 8.25. The first-order chi connectivity index (χ1) is 13.5. The van der Waals surface area contributed by atoms with Crippen molar-refractivity contribution in [2.45, 2.75) is 37.6 Å². The van der Waals surface area contributed by atoms with Crippen LogP contribution in [0.25, 0.3) is 0 Å². The second kappa shape index (κ2) is 7.35. The van der Waals surface area contributed by atoms with Crippen LogP contribution < -0.4 is 19.9 Å². The summed E-state index contributed by atoms with van der Waals surface area (Å²) < 4.78 is 33.6. The van der Waals surface area contributed by atoms with E-state index in [4.69, 9.17) is 14.6 Å². The molecule has 0 radical (unpaired) electrons. The van der Waals surface area contributed by atoms with E-state index in [1.807, 2.05) is 6.92 Å². The van der Waals surface area contributed by atoms with E-state index in [1.54, 1.807) is 31.4 Å². The average Bonchev–Trinajstić information content (AvgIpc) is 3.20. The van der Waals surface area contributed by atoms with Crippen molar-refractivity contribution in [1.82, 2.24) is 5.32 Å². The summed E-state index contributed by atoms with van der Waals surface area (Å²) in [5.74, 6) is 0.927. The van der Waals surface area contributed by atoms with Gasteiger partial charge >= 0.3 is 0 Å². The first-order valence-corrected chi connectivity index (χ1v) is 10.7. The molecule has 3 rings (SSSR count). The molecule has 0 aliphatic heterocycles. The molecule has 0 bridgehead atoms. The van der Waals surface area contributed by atoms with Crippen molar-refractivity contribution in [3.8, 4) is 11.5 Å². The van der Waals surface area contributed by atoms with E-state index in [9.17, 15) is 13.2 Å². The topological polar surface area (TPSA) is 108 Å². The van der Waals surface area contributed by atoms with Crippen LogP contribution in [-0.2, 0) is 10.0 Å². The Balaban J connectivity index is 1.82. The minimum atomic E-state index is -3.73. The molecule has 1 fully saturated rings. The summed E-state index contributed by atoms with van der Waals surface area (Å²) in [6.07, 6.45) is 0. The summed E-state index contributed by atoms with van der Waals surface area (Å²) in [6.45, 7) is 5.99. The van der Waals surface area contributed by atoms with Gasteiger partial charge < -0.3 is 14.8 Å². The highest BCUT2D eigenvalue weighted by Gasteiger charge is 2.59. The summed E-state index contributed by atoms with van der Waals surface area (Å²) in [7, 11) is -0.652. The number of sulfonamides is 1. The van der Waals surface area contributed by atoms with Gasteiger partial charge in [-0.2, -0.15) is 0 Å². The number of hydrogen-bond donors (Lipinski definition) is 2. The van der Waals surface area contributed by atoms with Crippen molar-refractivity contribution >= 4 is 15.9 Å². The van der Waals surface area contributed by atoms with E-state index in [0.717, 1.165) is 11.1 Å². The summed E-state index contributed by atoms with van der Waals surface area (Å²) >= 11 is 0. The Morgan fingerprint density at radius 3 is 2.17 bits per heavy atom. The molecular weight excluding hydrogens is 392 g/mol. The number of methoxy groups -OCH3 is 2. The molecule has 0 saturated heterocycles. The molecule has 1 aliphatic rings. The van der Waals surface area contributed by atoms with Gasteiger partial charge in [-0.25, -0.2) is 13.6 Å². The smallest absolute Gasteiger partial charge is 0.255 e. The molecule has 1 aliphatic carbocycles. The van der Waals surface area contributed by atoms with Gasteiger partial charge in [-0.1, -0.05) is 26.0 Å². The number of aryl methyl sites for hydroxylation is 1. The van der Waals surface area contributed by atoms with Crippen molar-refractivity contribution in [3.63, 3.8) is 0 Å². The number of nitrogens with two attached hydrogens (primary N) is 1. The lowest BCUT2D eigenvalue weighted by molar-refractivity contribution is 0.0942. The summed E-state index contributed by atoms with van der Waals surface area (Å²) in [5.41, 5.74) is 2.05. The van der Waals surface area contributed by atoms with E-state index in [1.165, 1.54) is 19.2 Å². The SMILES string of the molecule is COc1cc(OC)c(C(=O)N[C@H]2[C@H](c3ccc(S(N)(=O)=O)cc3)C2(C)C)cc1C. The lowest BCUT2D eigenvalue weighted by Crippen LogP contribution is -2.29. The number of rotatable bonds is 6. The molecule has 2 aromatic rings. The van der Waals surface area contributed by atoms with Crippen molar-refractivity contribution in [2.24, 2.45) is 10.6 Å². The molecule has 2 atom stereocenters. The molecule has 3 N–H and O–H groups in total. The number of amides is 1. The van der Waals surface area contributed by atoms with Crippen LogP contribution in [0.5, 0.6) is 11.5 Å². The largest absolute Gasteiger partial charge is 0.496 e. The molecule has 7 nitrogen and oxygen atoms in total. The average molecular weight is 419 g/mol. The first-order valence-electron chi connectivity index (χ1n) is 9.17. The fourth-order valence-electron chi connectivity index (χ4n) is 3.85. The van der Waals surface area contributed by atoms with Gasteiger partial charge in [0.25, 0.3) is 5.91 Å². The Morgan fingerprint density at radius 1 is 1.07 bits per heavy atom. The van der Waals surface area contributed by atoms with E-state index in [2.05, 4.69) is 19.2 Å². The Bertz CT molecular complexity index is 1050. The van der Waals surface area contributed by atoms with Crippen LogP contribution in [0.1, 0.15) is 41.3 Å². The second-order valence-electron chi connectivity index (χ2n) is 7.89. The Labute approximate surface area is 171 Å². The summed E-state index contributed by atoms with van der Waals surface area (Å²) in [4.78, 5) is 13.0. The van der Waals surface area contributed by atoms with Gasteiger partial charge in [0.2, 0.25) is 10.0 Å². The predicted molar refractivity (Wildman–Crippen MR) is 110 cm³/mol. The highest BCUT2D eigenvalue weighted by molar-refractivity contribution is 7.89. The van der Waals surface area contributed by atoms with Gasteiger partial charge in [-0.15, -0.1) is 0 Å². The number of benzene rings is 2. The molecule has 0 heterocycles. The molecule has 8 heteroatoms. The molecule has 0 unspecified atom stereocenters. The number of carbonyl (C=O) groups excluding carboxylic acids is 1. The van der Waals surface area contributed by atoms with Crippen molar-refractivity contribution in [2.75, 3.05) is 14.2 Å². The van der Waals surface area contributed by atoms with Gasteiger partial charge in [0, 0.05) is 18.0 Å². The van der Waals surface area contributed by atoms with Crippen LogP contribution >= 0.6 is 0 Å². The van der Waals surface area contributed by atoms with Gasteiger partial charge in [0.1, 0.15) is 11.5 Å². The van der Waals surface area contributed by atoms with Crippen LogP contribution in [-0.4, -0.2) is 34.6 Å². The number of carbonyl (C=O) groups is 1. The van der Waals surface area contributed by atoms with E-state index in [0.29, 0.717) is 17.1 Å². The molecule has 2 aromatic carbocycles. The number of primary sulfonamides is 1. The second-order valence-corrected chi connectivity index (χ2v) is 9.45. The maximum absolute atomic E-state index is 12.9. The van der Waals surface area contributed by atoms with Gasteiger partial charge in [-0.05, 0) is 41.7 Å². The van der Waals surface area contributed by atoms with Crippen LogP contribution in [0.15, 0.2) is 41.3 Å². The van der Waals surface area contributed by atoms with Crippen molar-refractivity contribution in [3.05, 3.63) is 53.1 Å². The van der Waals surface area contributed by atoms with E-state index < -0.39 is 10.0 Å². The minimum Gasteiger partial charge on any atom is -0.496 e. The number of nitrogens with one attached hydrogen (secondary N) is 1. The van der Waals surface area contributed by atoms with Crippen molar-refractivity contribution in [1.29, 1.82) is 0 Å². The Kier molecular flexibility index (Phi) is 5.36. The fourth-order valence-corrected chi connectivity index (χ4v) is 4.36. The Morgan fingerprint density at radius 2 is 1.66 bits per heavy atom. The standard InChI is InChI=1S/C21H26N2O5S/c1-12-10-15(17(28-5)11-16(12)27-4)20(24)23-19-18(21(19,2)3)13-6-8-14(9-7-13)29(22,25)26/h6-11,18-19H,1-5H3,(H,23,24)(H2,22,25,26)/t18-,19-/m0/s1. The third-order valence-electron chi connectivity index (χ3n) is 5.64. The quantitative estimate of drug-likeness (QED) is 0.750. The highest BCUT2D eigenvalue weighted by Crippen LogP contribution is 2.58. The van der Waals surface area contributed by atoms with Gasteiger partial charge in [-0.3, -0.25) is 4.79 Å². The van der Waals surface area contributed by atoms with E-state index in [-0.39, 0.29) is 28.2 Å². The molecule has 0 aromatic heterocycles. The van der Waals surface area contributed by atoms with Gasteiger partial charge in [0.05, 0.1) is 24.7 Å². The predicted octanol–water partition coefficient (Wildman–Crippen LogP) is 2.58. The maximum atomic E-state index is 12.9. The zero-order valence-corrected chi connectivity index (χ0v) is 18.0. The summed E-state index contributed by atoms with van der Waals surface area (Å²) in [6, 6.07) is 9.83. The molecule has 1 amide bonds. The zero-order valence-electron chi connectivity index (χ0n) is 17.1. The molecule has 29 heavy (non-hydrogen) atoms. The lowest BCUT2D eigenvalue weighted by atomic mass is 10.0. The molecule has 1 saturated carbocycles.